The molecule has 9 heteroatoms. The molecule has 0 bridgehead atoms. The lowest BCUT2D eigenvalue weighted by Crippen LogP contribution is -2.44. The van der Waals surface area contributed by atoms with Crippen LogP contribution in [-0.4, -0.2) is 26.1 Å². The lowest BCUT2D eigenvalue weighted by Gasteiger charge is -2.45. The monoisotopic (exact) mass is 596 g/mol. The molecule has 1 aliphatic carbocycles. The first kappa shape index (κ1) is 31.0. The Morgan fingerprint density at radius 2 is 1.66 bits per heavy atom. The number of halogens is 2. The molecule has 1 atom stereocenters. The smallest absolute Gasteiger partial charge is 0.221 e. The van der Waals surface area contributed by atoms with Gasteiger partial charge in [-0.15, -0.1) is 5.10 Å². The summed E-state index contributed by atoms with van der Waals surface area (Å²) in [5.41, 5.74) is 2.18. The molecule has 3 aromatic rings. The van der Waals surface area contributed by atoms with Gasteiger partial charge in [0, 0.05) is 28.3 Å². The number of amides is 1. The van der Waals surface area contributed by atoms with Crippen LogP contribution in [0, 0.1) is 16.7 Å². The minimum atomic E-state index is -0.462. The fourth-order valence-corrected chi connectivity index (χ4v) is 6.23. The maximum atomic E-state index is 11.5. The van der Waals surface area contributed by atoms with E-state index in [1.165, 1.54) is 6.92 Å². The molecular formula is C32H42Cl2N6O. The van der Waals surface area contributed by atoms with Gasteiger partial charge in [0.1, 0.15) is 0 Å². The van der Waals surface area contributed by atoms with Gasteiger partial charge < -0.3 is 10.6 Å². The average molecular weight is 598 g/mol. The largest absolute Gasteiger partial charge is 0.373 e. The minimum absolute atomic E-state index is 0.0944. The van der Waals surface area contributed by atoms with E-state index in [1.807, 2.05) is 47.2 Å². The second-order valence-electron chi connectivity index (χ2n) is 13.4. The van der Waals surface area contributed by atoms with Crippen LogP contribution in [0.1, 0.15) is 91.6 Å². The molecule has 4 rings (SSSR count). The van der Waals surface area contributed by atoms with Crippen molar-refractivity contribution in [1.82, 2.24) is 20.2 Å². The van der Waals surface area contributed by atoms with E-state index in [1.54, 1.807) is 6.07 Å². The Bertz CT molecular complexity index is 1380. The third-order valence-corrected chi connectivity index (χ3v) is 8.71. The second-order valence-corrected chi connectivity index (χ2v) is 14.2. The molecule has 1 amide bonds. The van der Waals surface area contributed by atoms with Gasteiger partial charge >= 0.3 is 0 Å². The number of hydrogen-bond acceptors (Lipinski definition) is 5. The van der Waals surface area contributed by atoms with Crippen LogP contribution in [0.25, 0.3) is 6.08 Å². The van der Waals surface area contributed by atoms with Crippen molar-refractivity contribution in [2.45, 2.75) is 85.7 Å². The molecule has 1 saturated carbocycles. The molecule has 0 unspecified atom stereocenters. The Kier molecular flexibility index (Phi) is 9.19. The summed E-state index contributed by atoms with van der Waals surface area (Å²) >= 11 is 12.6. The van der Waals surface area contributed by atoms with Crippen molar-refractivity contribution in [2.75, 3.05) is 10.6 Å². The number of aromatic nitrogens is 4. The molecule has 2 N–H and O–H groups in total. The van der Waals surface area contributed by atoms with Gasteiger partial charge in [0.15, 0.2) is 5.82 Å². The van der Waals surface area contributed by atoms with Gasteiger partial charge in [-0.3, -0.25) is 4.79 Å². The molecule has 220 valence electrons. The van der Waals surface area contributed by atoms with Crippen molar-refractivity contribution in [3.05, 3.63) is 70.0 Å². The summed E-state index contributed by atoms with van der Waals surface area (Å²) in [5.74, 6) is 1.33. The number of rotatable bonds is 7. The summed E-state index contributed by atoms with van der Waals surface area (Å²) in [5, 5.41) is 21.4. The number of anilines is 2. The zero-order valence-electron chi connectivity index (χ0n) is 25.1. The number of nitrogens with zero attached hydrogens (tertiary/aromatic N) is 4. The summed E-state index contributed by atoms with van der Waals surface area (Å²) in [6.45, 7) is 15.0. The number of benzene rings is 2. The van der Waals surface area contributed by atoms with Crippen molar-refractivity contribution < 1.29 is 4.79 Å². The zero-order valence-corrected chi connectivity index (χ0v) is 26.6. The van der Waals surface area contributed by atoms with E-state index < -0.39 is 5.54 Å². The lowest BCUT2D eigenvalue weighted by atomic mass is 9.67. The highest BCUT2D eigenvalue weighted by Gasteiger charge is 2.45. The van der Waals surface area contributed by atoms with Crippen LogP contribution < -0.4 is 10.6 Å². The Hall–Kier alpha value is -2.90. The van der Waals surface area contributed by atoms with Crippen LogP contribution in [0.15, 0.2) is 48.5 Å². The van der Waals surface area contributed by atoms with Gasteiger partial charge in [-0.1, -0.05) is 83.0 Å². The molecule has 0 radical (unpaired) electrons. The number of allylic oxidation sites excluding steroid dienone is 1. The summed E-state index contributed by atoms with van der Waals surface area (Å²) < 4.78 is 1.98. The lowest BCUT2D eigenvalue weighted by molar-refractivity contribution is -0.114. The number of hydrogen-bond donors (Lipinski definition) is 2. The zero-order chi connectivity index (χ0) is 30.0. The quantitative estimate of drug-likeness (QED) is 0.284. The molecular weight excluding hydrogens is 555 g/mol. The Labute approximate surface area is 254 Å². The molecule has 1 aromatic heterocycles. The number of nitrogens with one attached hydrogen (secondary N) is 2. The fraction of sp³-hybridized carbons (Fsp3) is 0.500. The second kappa shape index (κ2) is 12.1. The molecule has 0 saturated heterocycles. The number of carbonyl (C=O) groups is 1. The topological polar surface area (TPSA) is 84.7 Å². The third-order valence-electron chi connectivity index (χ3n) is 8.14. The fourth-order valence-electron chi connectivity index (χ4n) is 5.76. The number of carbonyl (C=O) groups excluding carboxylic acids is 1. The molecule has 2 aromatic carbocycles. The van der Waals surface area contributed by atoms with Gasteiger partial charge in [0.05, 0.1) is 11.6 Å². The van der Waals surface area contributed by atoms with Crippen molar-refractivity contribution >= 4 is 46.6 Å². The van der Waals surface area contributed by atoms with Crippen LogP contribution in [-0.2, 0) is 10.3 Å². The van der Waals surface area contributed by atoms with E-state index in [0.717, 1.165) is 48.4 Å². The molecule has 1 aliphatic rings. The SMILES string of the molecule is CC(=O)Nc1ccc(NC2(c3nnnn3[C@@H](/C=C\c3ccc(Cl)cc3Cl)C(C)(C)C)CCC(C(C)(C)C)CC2)cc1. The van der Waals surface area contributed by atoms with E-state index in [2.05, 4.69) is 73.8 Å². The van der Waals surface area contributed by atoms with Crippen molar-refractivity contribution in [2.24, 2.45) is 16.7 Å². The molecule has 41 heavy (non-hydrogen) atoms. The van der Waals surface area contributed by atoms with Gasteiger partial charge in [-0.25, -0.2) is 4.68 Å². The standard InChI is InChI=1S/C32H42Cl2N6O/c1-21(41)35-25-11-13-26(14-12-25)36-32(18-16-23(17-19-32)30(2,3)4)29-37-38-39-40(29)28(31(5,6)7)15-9-22-8-10-24(33)20-27(22)34/h8-15,20,23,28,36H,16-19H2,1-7H3,(H,35,41)/b15-9-/t23?,28-,32?/m0/s1. The summed E-state index contributed by atoms with van der Waals surface area (Å²) in [4.78, 5) is 11.5. The molecule has 7 nitrogen and oxygen atoms in total. The first-order valence-corrected chi connectivity index (χ1v) is 15.0. The highest BCUT2D eigenvalue weighted by Crippen LogP contribution is 2.47. The van der Waals surface area contributed by atoms with E-state index in [4.69, 9.17) is 23.2 Å². The normalized spacial score (nSPS) is 20.7. The van der Waals surface area contributed by atoms with Crippen molar-refractivity contribution in [3.63, 3.8) is 0 Å². The third kappa shape index (κ3) is 7.49. The van der Waals surface area contributed by atoms with Gasteiger partial charge in [0.2, 0.25) is 5.91 Å². The maximum Gasteiger partial charge on any atom is 0.221 e. The first-order chi connectivity index (χ1) is 19.2. The molecule has 0 spiro atoms. The van der Waals surface area contributed by atoms with Crippen LogP contribution in [0.5, 0.6) is 0 Å². The average Bonchev–Trinajstić information content (AvgIpc) is 3.35. The van der Waals surface area contributed by atoms with Gasteiger partial charge in [-0.05, 0) is 94.8 Å². The van der Waals surface area contributed by atoms with Crippen LogP contribution in [0.2, 0.25) is 10.0 Å². The molecule has 1 heterocycles. The Morgan fingerprint density at radius 1 is 1.02 bits per heavy atom. The van der Waals surface area contributed by atoms with E-state index in [-0.39, 0.29) is 22.8 Å². The Morgan fingerprint density at radius 3 is 2.22 bits per heavy atom. The molecule has 1 fully saturated rings. The molecule has 0 aliphatic heterocycles. The van der Waals surface area contributed by atoms with Crippen molar-refractivity contribution in [3.8, 4) is 0 Å². The van der Waals surface area contributed by atoms with Crippen LogP contribution in [0.3, 0.4) is 0 Å². The van der Waals surface area contributed by atoms with Crippen molar-refractivity contribution in [1.29, 1.82) is 0 Å². The highest BCUT2D eigenvalue weighted by atomic mass is 35.5. The number of tetrazole rings is 1. The predicted octanol–water partition coefficient (Wildman–Crippen LogP) is 8.78. The van der Waals surface area contributed by atoms with Gasteiger partial charge in [0.25, 0.3) is 0 Å². The summed E-state index contributed by atoms with van der Waals surface area (Å²) in [7, 11) is 0. The van der Waals surface area contributed by atoms with Crippen LogP contribution >= 0.6 is 23.2 Å². The van der Waals surface area contributed by atoms with E-state index in [0.29, 0.717) is 16.0 Å². The maximum absolute atomic E-state index is 11.5. The summed E-state index contributed by atoms with van der Waals surface area (Å²) in [6.07, 6.45) is 8.06. The van der Waals surface area contributed by atoms with Crippen LogP contribution in [0.4, 0.5) is 11.4 Å². The van der Waals surface area contributed by atoms with Gasteiger partial charge in [-0.2, -0.15) is 0 Å². The van der Waals surface area contributed by atoms with E-state index in [9.17, 15) is 4.79 Å². The Balaban J connectivity index is 1.74. The minimum Gasteiger partial charge on any atom is -0.373 e. The summed E-state index contributed by atoms with van der Waals surface area (Å²) in [6, 6.07) is 13.2. The first-order valence-electron chi connectivity index (χ1n) is 14.3. The highest BCUT2D eigenvalue weighted by molar-refractivity contribution is 6.35. The van der Waals surface area contributed by atoms with E-state index >= 15 is 0 Å². The predicted molar refractivity (Wildman–Crippen MR) is 169 cm³/mol.